The van der Waals surface area contributed by atoms with E-state index in [1.165, 1.54) is 0 Å². The molecule has 5 nitrogen and oxygen atoms in total. The number of nitrogens with two attached hydrogens (primary N) is 1. The maximum Gasteiger partial charge on any atom is 0.257 e. The molecule has 0 aliphatic rings. The number of nitrogen functional groups attached to an aromatic ring is 1. The summed E-state index contributed by atoms with van der Waals surface area (Å²) < 4.78 is 10.2. The number of carbonyl (C=O) groups excluding carboxylic acids is 1. The number of methoxy groups -OCH3 is 1. The first-order chi connectivity index (χ1) is 8.20. The van der Waals surface area contributed by atoms with Crippen molar-refractivity contribution in [2.45, 2.75) is 6.92 Å². The van der Waals surface area contributed by atoms with Gasteiger partial charge in [0, 0.05) is 19.3 Å². The molecule has 3 N–H and O–H groups in total. The first kappa shape index (κ1) is 13.3. The normalized spacial score (nSPS) is 10.0. The van der Waals surface area contributed by atoms with E-state index in [9.17, 15) is 4.79 Å². The number of ether oxygens (including phenoxy) is 2. The minimum Gasteiger partial charge on any atom is -0.493 e. The lowest BCUT2D eigenvalue weighted by Gasteiger charge is -2.12. The molecule has 0 atom stereocenters. The molecule has 94 valence electrons. The lowest BCUT2D eigenvalue weighted by atomic mass is 10.1. The Morgan fingerprint density at radius 2 is 2.24 bits per heavy atom. The van der Waals surface area contributed by atoms with Crippen molar-refractivity contribution in [2.24, 2.45) is 0 Å². The Morgan fingerprint density at radius 3 is 2.88 bits per heavy atom. The first-order valence-electron chi connectivity index (χ1n) is 5.49. The molecule has 1 aromatic rings. The Kier molecular flexibility index (Phi) is 5.29. The van der Waals surface area contributed by atoms with Crippen molar-refractivity contribution in [2.75, 3.05) is 32.6 Å². The molecule has 1 amide bonds. The third-order valence-corrected chi connectivity index (χ3v) is 2.18. The molecule has 1 rings (SSSR count). The number of amides is 1. The second-order valence-electron chi connectivity index (χ2n) is 3.40. The van der Waals surface area contributed by atoms with Crippen molar-refractivity contribution in [3.63, 3.8) is 0 Å². The summed E-state index contributed by atoms with van der Waals surface area (Å²) in [6.45, 7) is 3.25. The molecule has 1 aromatic carbocycles. The molecule has 0 unspecified atom stereocenters. The quantitative estimate of drug-likeness (QED) is 0.573. The predicted molar refractivity (Wildman–Crippen MR) is 66.2 cm³/mol. The Morgan fingerprint density at radius 1 is 1.47 bits per heavy atom. The highest BCUT2D eigenvalue weighted by atomic mass is 16.5. The summed E-state index contributed by atoms with van der Waals surface area (Å²) in [4.78, 5) is 11.9. The Bertz CT molecular complexity index is 380. The molecule has 0 saturated heterocycles. The van der Waals surface area contributed by atoms with Gasteiger partial charge in [-0.05, 0) is 19.1 Å². The van der Waals surface area contributed by atoms with E-state index in [2.05, 4.69) is 5.32 Å². The highest BCUT2D eigenvalue weighted by Crippen LogP contribution is 2.24. The van der Waals surface area contributed by atoms with E-state index in [4.69, 9.17) is 15.2 Å². The first-order valence-corrected chi connectivity index (χ1v) is 5.49. The zero-order valence-electron chi connectivity index (χ0n) is 10.2. The van der Waals surface area contributed by atoms with E-state index >= 15 is 0 Å². The van der Waals surface area contributed by atoms with Crippen LogP contribution >= 0.6 is 0 Å². The topological polar surface area (TPSA) is 73.6 Å². The maximum absolute atomic E-state index is 11.9. The van der Waals surface area contributed by atoms with Crippen LogP contribution in [0.25, 0.3) is 0 Å². The van der Waals surface area contributed by atoms with Gasteiger partial charge in [-0.1, -0.05) is 6.07 Å². The summed E-state index contributed by atoms with van der Waals surface area (Å²) in [5.41, 5.74) is 6.57. The van der Waals surface area contributed by atoms with Gasteiger partial charge in [-0.15, -0.1) is 0 Å². The molecule has 0 aromatic heterocycles. The smallest absolute Gasteiger partial charge is 0.257 e. The van der Waals surface area contributed by atoms with Crippen LogP contribution in [0.1, 0.15) is 17.3 Å². The molecular weight excluding hydrogens is 220 g/mol. The number of hydrogen-bond acceptors (Lipinski definition) is 4. The van der Waals surface area contributed by atoms with E-state index in [1.807, 2.05) is 6.92 Å². The molecule has 0 heterocycles. The Labute approximate surface area is 101 Å². The van der Waals surface area contributed by atoms with Gasteiger partial charge in [-0.2, -0.15) is 0 Å². The van der Waals surface area contributed by atoms with Crippen molar-refractivity contribution < 1.29 is 14.3 Å². The van der Waals surface area contributed by atoms with E-state index in [0.29, 0.717) is 36.8 Å². The Balaban J connectivity index is 2.83. The van der Waals surface area contributed by atoms with Gasteiger partial charge in [0.1, 0.15) is 11.3 Å². The summed E-state index contributed by atoms with van der Waals surface area (Å²) >= 11 is 0. The predicted octanol–water partition coefficient (Wildman–Crippen LogP) is 1.04. The van der Waals surface area contributed by atoms with Crippen molar-refractivity contribution in [1.82, 2.24) is 5.32 Å². The number of rotatable bonds is 6. The van der Waals surface area contributed by atoms with Gasteiger partial charge >= 0.3 is 0 Å². The fourth-order valence-electron chi connectivity index (χ4n) is 1.42. The number of nitrogens with one attached hydrogen (secondary N) is 1. The minimum absolute atomic E-state index is 0.247. The summed E-state index contributed by atoms with van der Waals surface area (Å²) in [5, 5.41) is 2.72. The molecule has 0 saturated carbocycles. The van der Waals surface area contributed by atoms with Gasteiger partial charge in [0.05, 0.1) is 13.2 Å². The molecule has 5 heteroatoms. The number of hydrogen-bond donors (Lipinski definition) is 2. The van der Waals surface area contributed by atoms with E-state index < -0.39 is 0 Å². The zero-order valence-corrected chi connectivity index (χ0v) is 10.2. The van der Waals surface area contributed by atoms with Crippen LogP contribution in [-0.4, -0.2) is 32.8 Å². The van der Waals surface area contributed by atoms with Crippen molar-refractivity contribution >= 4 is 11.6 Å². The van der Waals surface area contributed by atoms with E-state index in [1.54, 1.807) is 25.3 Å². The molecular formula is C12H18N2O3. The summed E-state index contributed by atoms with van der Waals surface area (Å²) in [7, 11) is 1.58. The SMILES string of the molecule is CCOc1cccc(N)c1C(=O)NCCOC. The average molecular weight is 238 g/mol. The largest absolute Gasteiger partial charge is 0.493 e. The van der Waals surface area contributed by atoms with Crippen LogP contribution in [0.5, 0.6) is 5.75 Å². The monoisotopic (exact) mass is 238 g/mol. The lowest BCUT2D eigenvalue weighted by molar-refractivity contribution is 0.0934. The third-order valence-electron chi connectivity index (χ3n) is 2.18. The fraction of sp³-hybridized carbons (Fsp3) is 0.417. The number of benzene rings is 1. The van der Waals surface area contributed by atoms with Crippen molar-refractivity contribution in [1.29, 1.82) is 0 Å². The highest BCUT2D eigenvalue weighted by molar-refractivity contribution is 6.01. The minimum atomic E-state index is -0.247. The van der Waals surface area contributed by atoms with Gasteiger partial charge in [-0.3, -0.25) is 4.79 Å². The molecule has 0 aliphatic carbocycles. The molecule has 0 bridgehead atoms. The summed E-state index contributed by atoms with van der Waals surface area (Å²) in [6, 6.07) is 5.16. The molecule has 17 heavy (non-hydrogen) atoms. The zero-order chi connectivity index (χ0) is 12.7. The molecule has 0 radical (unpaired) electrons. The van der Waals surface area contributed by atoms with Crippen LogP contribution in [0.4, 0.5) is 5.69 Å². The van der Waals surface area contributed by atoms with E-state index in [-0.39, 0.29) is 5.91 Å². The van der Waals surface area contributed by atoms with Crippen LogP contribution < -0.4 is 15.8 Å². The second-order valence-corrected chi connectivity index (χ2v) is 3.40. The maximum atomic E-state index is 11.9. The summed E-state index contributed by atoms with van der Waals surface area (Å²) in [6.07, 6.45) is 0. The van der Waals surface area contributed by atoms with Crippen LogP contribution in [0.2, 0.25) is 0 Å². The van der Waals surface area contributed by atoms with E-state index in [0.717, 1.165) is 0 Å². The van der Waals surface area contributed by atoms with Crippen molar-refractivity contribution in [3.05, 3.63) is 23.8 Å². The van der Waals surface area contributed by atoms with Crippen LogP contribution in [0.3, 0.4) is 0 Å². The summed E-state index contributed by atoms with van der Waals surface area (Å²) in [5.74, 6) is 0.256. The van der Waals surface area contributed by atoms with Gasteiger partial charge in [0.15, 0.2) is 0 Å². The number of anilines is 1. The van der Waals surface area contributed by atoms with Gasteiger partial charge in [0.2, 0.25) is 0 Å². The third kappa shape index (κ3) is 3.64. The molecule has 0 spiro atoms. The van der Waals surface area contributed by atoms with Gasteiger partial charge < -0.3 is 20.5 Å². The average Bonchev–Trinajstić information content (AvgIpc) is 2.30. The van der Waals surface area contributed by atoms with Crippen LogP contribution in [0.15, 0.2) is 18.2 Å². The fourth-order valence-corrected chi connectivity index (χ4v) is 1.42. The van der Waals surface area contributed by atoms with Crippen LogP contribution in [-0.2, 0) is 4.74 Å². The lowest BCUT2D eigenvalue weighted by Crippen LogP contribution is -2.28. The molecule has 0 aliphatic heterocycles. The second kappa shape index (κ2) is 6.75. The molecule has 0 fully saturated rings. The highest BCUT2D eigenvalue weighted by Gasteiger charge is 2.15. The number of carbonyl (C=O) groups is 1. The Hall–Kier alpha value is -1.75. The van der Waals surface area contributed by atoms with Crippen LogP contribution in [0, 0.1) is 0 Å². The standard InChI is InChI=1S/C12H18N2O3/c1-3-17-10-6-4-5-9(13)11(10)12(15)14-7-8-16-2/h4-6H,3,7-8,13H2,1-2H3,(H,14,15). The van der Waals surface area contributed by atoms with Crippen molar-refractivity contribution in [3.8, 4) is 5.75 Å². The van der Waals surface area contributed by atoms with Gasteiger partial charge in [0.25, 0.3) is 5.91 Å². The van der Waals surface area contributed by atoms with Gasteiger partial charge in [-0.25, -0.2) is 0 Å².